The number of piperidine rings is 1. The van der Waals surface area contributed by atoms with Crippen LogP contribution in [0, 0.1) is 0 Å². The monoisotopic (exact) mass is 385 g/mol. The number of amides is 1. The maximum atomic E-state index is 12.7. The lowest BCUT2D eigenvalue weighted by Gasteiger charge is -2.42. The summed E-state index contributed by atoms with van der Waals surface area (Å²) in [5.41, 5.74) is 5.35. The van der Waals surface area contributed by atoms with Crippen molar-refractivity contribution in [2.75, 3.05) is 25.9 Å². The Morgan fingerprint density at radius 1 is 1.20 bits per heavy atom. The average molecular weight is 385 g/mol. The molecule has 0 aromatic carbocycles. The number of halogens is 3. The maximum absolute atomic E-state index is 12.7. The number of carbonyl (C=O) groups excluding carboxylic acids is 1. The van der Waals surface area contributed by atoms with Gasteiger partial charge in [-0.1, -0.05) is 19.3 Å². The quantitative estimate of drug-likeness (QED) is 0.794. The Morgan fingerprint density at radius 3 is 2.16 bits per heavy atom. The fraction of sp³-hybridized carbons (Fsp3) is 0.933. The van der Waals surface area contributed by atoms with Crippen LogP contribution < -0.4 is 5.73 Å². The first-order valence-electron chi connectivity index (χ1n) is 8.54. The smallest absolute Gasteiger partial charge is 0.341 e. The molecule has 2 aliphatic rings. The number of rotatable bonds is 4. The number of nitrogens with two attached hydrogens (primary N) is 1. The minimum atomic E-state index is -4.60. The highest BCUT2D eigenvalue weighted by atomic mass is 32.2. The second-order valence-electron chi connectivity index (χ2n) is 7.16. The third-order valence-electron chi connectivity index (χ3n) is 5.09. The summed E-state index contributed by atoms with van der Waals surface area (Å²) in [7, 11) is -3.98. The number of carbonyl (C=O) groups is 1. The molecule has 0 radical (unpaired) electrons. The Labute approximate surface area is 146 Å². The molecule has 1 aliphatic carbocycles. The zero-order valence-electron chi connectivity index (χ0n) is 14.4. The van der Waals surface area contributed by atoms with Crippen molar-refractivity contribution in [2.45, 2.75) is 62.7 Å². The molecule has 2 fully saturated rings. The van der Waals surface area contributed by atoms with Crippen LogP contribution in [-0.4, -0.2) is 67.2 Å². The summed E-state index contributed by atoms with van der Waals surface area (Å²) in [5.74, 6) is -0.160. The normalized spacial score (nSPS) is 23.0. The van der Waals surface area contributed by atoms with E-state index in [1.807, 2.05) is 0 Å². The Morgan fingerprint density at radius 2 is 1.72 bits per heavy atom. The van der Waals surface area contributed by atoms with E-state index in [0.717, 1.165) is 25.5 Å². The second-order valence-corrected chi connectivity index (χ2v) is 9.10. The number of hydrogen-bond acceptors (Lipinski definition) is 4. The summed E-state index contributed by atoms with van der Waals surface area (Å²) in [4.78, 5) is 14.2. The van der Waals surface area contributed by atoms with E-state index in [0.29, 0.717) is 17.1 Å². The van der Waals surface area contributed by atoms with E-state index in [9.17, 15) is 26.4 Å². The Hall–Kier alpha value is -0.870. The van der Waals surface area contributed by atoms with Gasteiger partial charge in [0.05, 0.1) is 11.8 Å². The molecule has 2 N–H and O–H groups in total. The largest absolute Gasteiger partial charge is 0.402 e. The molecule has 25 heavy (non-hydrogen) atoms. The molecule has 1 amide bonds. The lowest BCUT2D eigenvalue weighted by molar-refractivity contribution is -0.145. The van der Waals surface area contributed by atoms with Gasteiger partial charge < -0.3 is 10.6 Å². The second kappa shape index (κ2) is 7.40. The molecule has 1 aliphatic heterocycles. The topological polar surface area (TPSA) is 83.7 Å². The predicted molar refractivity (Wildman–Crippen MR) is 87.2 cm³/mol. The third-order valence-corrected chi connectivity index (χ3v) is 6.37. The van der Waals surface area contributed by atoms with E-state index in [1.165, 1.54) is 0 Å². The van der Waals surface area contributed by atoms with E-state index < -0.39 is 34.3 Å². The zero-order valence-corrected chi connectivity index (χ0v) is 15.2. The fourth-order valence-corrected chi connectivity index (χ4v) is 4.90. The number of nitrogens with zero attached hydrogens (tertiary/aromatic N) is 2. The van der Waals surface area contributed by atoms with Gasteiger partial charge in [-0.2, -0.15) is 17.5 Å². The number of alkyl halides is 3. The Bertz CT molecular complexity index is 581. The molecule has 0 aromatic rings. The van der Waals surface area contributed by atoms with Crippen molar-refractivity contribution >= 4 is 15.9 Å². The van der Waals surface area contributed by atoms with Gasteiger partial charge in [0.25, 0.3) is 0 Å². The van der Waals surface area contributed by atoms with Crippen molar-refractivity contribution in [3.05, 3.63) is 0 Å². The van der Waals surface area contributed by atoms with Gasteiger partial charge >= 0.3 is 6.18 Å². The van der Waals surface area contributed by atoms with E-state index in [4.69, 9.17) is 5.73 Å². The lowest BCUT2D eigenvalue weighted by Crippen LogP contribution is -2.59. The maximum Gasteiger partial charge on any atom is 0.402 e. The van der Waals surface area contributed by atoms with Gasteiger partial charge in [0.15, 0.2) is 0 Å². The summed E-state index contributed by atoms with van der Waals surface area (Å²) in [5, 5.41) is 0. The molecule has 0 spiro atoms. The van der Waals surface area contributed by atoms with E-state index in [1.54, 1.807) is 4.90 Å². The third kappa shape index (κ3) is 5.30. The zero-order chi connectivity index (χ0) is 18.9. The molecule has 0 atom stereocenters. The first kappa shape index (κ1) is 20.4. The molecule has 10 heteroatoms. The highest BCUT2D eigenvalue weighted by molar-refractivity contribution is 7.88. The van der Waals surface area contributed by atoms with E-state index in [2.05, 4.69) is 0 Å². The predicted octanol–water partition coefficient (Wildman–Crippen LogP) is 1.46. The highest BCUT2D eigenvalue weighted by Gasteiger charge is 2.42. The molecule has 1 saturated carbocycles. The molecular weight excluding hydrogens is 359 g/mol. The van der Waals surface area contributed by atoms with Gasteiger partial charge in [-0.05, 0) is 25.7 Å². The standard InChI is InChI=1S/C15H26F3N3O3S/c1-25(23,24)21(11-15(16,17)18)12-5-9-20(10-6-12)13(22)14(19)7-3-2-4-8-14/h12H,2-11,19H2,1H3. The SMILES string of the molecule is CS(=O)(=O)N(CC(F)(F)F)C1CCN(C(=O)C2(N)CCCCC2)CC1. The van der Waals surface area contributed by atoms with Crippen LogP contribution >= 0.6 is 0 Å². The molecule has 0 bridgehead atoms. The van der Waals surface area contributed by atoms with Crippen molar-refractivity contribution in [1.82, 2.24) is 9.21 Å². The van der Waals surface area contributed by atoms with E-state index >= 15 is 0 Å². The van der Waals surface area contributed by atoms with Crippen LogP contribution in [0.2, 0.25) is 0 Å². The van der Waals surface area contributed by atoms with Gasteiger partial charge in [-0.3, -0.25) is 4.79 Å². The summed E-state index contributed by atoms with van der Waals surface area (Å²) >= 11 is 0. The van der Waals surface area contributed by atoms with Crippen LogP contribution in [-0.2, 0) is 14.8 Å². The Balaban J connectivity index is 2.00. The molecule has 0 unspecified atom stereocenters. The van der Waals surface area contributed by atoms with Crippen LogP contribution in [0.25, 0.3) is 0 Å². The summed E-state index contributed by atoms with van der Waals surface area (Å²) in [6.07, 6.45) is 0.639. The average Bonchev–Trinajstić information content (AvgIpc) is 2.51. The van der Waals surface area contributed by atoms with Crippen LogP contribution in [0.3, 0.4) is 0 Å². The number of likely N-dealkylation sites (tertiary alicyclic amines) is 1. The van der Waals surface area contributed by atoms with Crippen LogP contribution in [0.15, 0.2) is 0 Å². The van der Waals surface area contributed by atoms with Gasteiger partial charge in [-0.15, -0.1) is 0 Å². The molecule has 1 heterocycles. The van der Waals surface area contributed by atoms with E-state index in [-0.39, 0.29) is 31.8 Å². The van der Waals surface area contributed by atoms with Crippen molar-refractivity contribution in [1.29, 1.82) is 0 Å². The van der Waals surface area contributed by atoms with Crippen molar-refractivity contribution in [2.24, 2.45) is 5.73 Å². The molecule has 2 rings (SSSR count). The molecule has 0 aromatic heterocycles. The fourth-order valence-electron chi connectivity index (χ4n) is 3.76. The van der Waals surface area contributed by atoms with Gasteiger partial charge in [-0.25, -0.2) is 8.42 Å². The lowest BCUT2D eigenvalue weighted by atomic mass is 9.81. The number of hydrogen-bond donors (Lipinski definition) is 1. The number of sulfonamides is 1. The summed E-state index contributed by atoms with van der Waals surface area (Å²) < 4.78 is 62.1. The van der Waals surface area contributed by atoms with Crippen LogP contribution in [0.4, 0.5) is 13.2 Å². The highest BCUT2D eigenvalue weighted by Crippen LogP contribution is 2.30. The molecular formula is C15H26F3N3O3S. The first-order chi connectivity index (χ1) is 11.4. The minimum Gasteiger partial charge on any atom is -0.341 e. The van der Waals surface area contributed by atoms with Gasteiger partial charge in [0, 0.05) is 19.1 Å². The summed E-state index contributed by atoms with van der Waals surface area (Å²) in [6, 6.07) is -0.749. The van der Waals surface area contributed by atoms with Crippen LogP contribution in [0.1, 0.15) is 44.9 Å². The molecule has 146 valence electrons. The van der Waals surface area contributed by atoms with Crippen molar-refractivity contribution in [3.8, 4) is 0 Å². The van der Waals surface area contributed by atoms with Crippen molar-refractivity contribution in [3.63, 3.8) is 0 Å². The van der Waals surface area contributed by atoms with Crippen LogP contribution in [0.5, 0.6) is 0 Å². The first-order valence-corrected chi connectivity index (χ1v) is 10.4. The molecule has 6 nitrogen and oxygen atoms in total. The van der Waals surface area contributed by atoms with Crippen molar-refractivity contribution < 1.29 is 26.4 Å². The Kier molecular flexibility index (Phi) is 6.05. The molecule has 1 saturated heterocycles. The van der Waals surface area contributed by atoms with Gasteiger partial charge in [0.1, 0.15) is 6.54 Å². The minimum absolute atomic E-state index is 0.160. The summed E-state index contributed by atoms with van der Waals surface area (Å²) in [6.45, 7) is -1.04. The van der Waals surface area contributed by atoms with Gasteiger partial charge in [0.2, 0.25) is 15.9 Å².